The molecule has 0 amide bonds. The summed E-state index contributed by atoms with van der Waals surface area (Å²) < 4.78 is 0. The zero-order valence-corrected chi connectivity index (χ0v) is 11.6. The van der Waals surface area contributed by atoms with Crippen LogP contribution in [0.3, 0.4) is 0 Å². The monoisotopic (exact) mass is 283 g/mol. The van der Waals surface area contributed by atoms with Crippen LogP contribution in [0.15, 0.2) is 59.2 Å². The number of aromatic nitrogens is 1. The molecule has 100 valence electrons. The smallest absolute Gasteiger partial charge is 0.102 e. The summed E-state index contributed by atoms with van der Waals surface area (Å²) in [6, 6.07) is 8.08. The van der Waals surface area contributed by atoms with Crippen LogP contribution in [0, 0.1) is 0 Å². The number of aliphatic hydroxyl groups excluding tert-OH is 1. The molecule has 5 heteroatoms. The Morgan fingerprint density at radius 3 is 3.05 bits per heavy atom. The van der Waals surface area contributed by atoms with Gasteiger partial charge in [0.1, 0.15) is 5.04 Å². The van der Waals surface area contributed by atoms with E-state index in [1.807, 2.05) is 24.4 Å². The Morgan fingerprint density at radius 1 is 1.30 bits per heavy atom. The van der Waals surface area contributed by atoms with Gasteiger partial charge in [-0.05, 0) is 11.5 Å². The topological polar surface area (TPSA) is 57.8 Å². The molecule has 0 bridgehead atoms. The second kappa shape index (κ2) is 5.46. The fourth-order valence-corrected chi connectivity index (χ4v) is 2.77. The lowest BCUT2D eigenvalue weighted by molar-refractivity contribution is 0.420. The number of pyridine rings is 1. The van der Waals surface area contributed by atoms with Gasteiger partial charge in [0, 0.05) is 29.8 Å². The van der Waals surface area contributed by atoms with Crippen LogP contribution in [0.1, 0.15) is 12.0 Å². The Hall–Kier alpha value is -2.14. The molecule has 1 aliphatic rings. The lowest BCUT2D eigenvalue weighted by Gasteiger charge is -2.05. The van der Waals surface area contributed by atoms with E-state index >= 15 is 0 Å². The van der Waals surface area contributed by atoms with Crippen molar-refractivity contribution in [2.24, 2.45) is 10.2 Å². The molecule has 4 nitrogen and oxygen atoms in total. The van der Waals surface area contributed by atoms with Crippen molar-refractivity contribution in [3.05, 3.63) is 54.6 Å². The number of nitrogens with zero attached hydrogens (tertiary/aromatic N) is 3. The summed E-state index contributed by atoms with van der Waals surface area (Å²) >= 11 is 1.47. The molecule has 0 aliphatic carbocycles. The second-order valence-corrected chi connectivity index (χ2v) is 5.52. The summed E-state index contributed by atoms with van der Waals surface area (Å²) in [5.41, 5.74) is 2.04. The molecule has 0 saturated heterocycles. The highest BCUT2D eigenvalue weighted by Crippen LogP contribution is 2.24. The van der Waals surface area contributed by atoms with Gasteiger partial charge in [-0.3, -0.25) is 4.98 Å². The standard InChI is InChI=1S/C15H13N3OS/c1-10(19)9-20-15-7-14(17-18-15)13-4-2-3-11-8-16-6-5-12(11)13/h2-6,8,19H,1,7,9H2. The lowest BCUT2D eigenvalue weighted by atomic mass is 10.0. The van der Waals surface area contributed by atoms with E-state index in [0.717, 1.165) is 27.1 Å². The maximum absolute atomic E-state index is 9.12. The predicted octanol–water partition coefficient (Wildman–Crippen LogP) is 3.55. The van der Waals surface area contributed by atoms with Crippen LogP contribution >= 0.6 is 11.8 Å². The third-order valence-corrected chi connectivity index (χ3v) is 4.03. The summed E-state index contributed by atoms with van der Waals surface area (Å²) in [5, 5.41) is 20.7. The Balaban J connectivity index is 1.83. The Morgan fingerprint density at radius 2 is 2.20 bits per heavy atom. The van der Waals surface area contributed by atoms with Crippen molar-refractivity contribution in [3.63, 3.8) is 0 Å². The molecule has 1 N–H and O–H groups in total. The molecule has 1 aliphatic heterocycles. The summed E-state index contributed by atoms with van der Waals surface area (Å²) in [6.45, 7) is 3.47. The Kier molecular flexibility index (Phi) is 3.52. The molecule has 1 aromatic carbocycles. The average Bonchev–Trinajstić information content (AvgIpc) is 2.93. The van der Waals surface area contributed by atoms with Crippen molar-refractivity contribution in [3.8, 4) is 0 Å². The van der Waals surface area contributed by atoms with Gasteiger partial charge < -0.3 is 5.11 Å². The normalized spacial score (nSPS) is 14.2. The molecule has 20 heavy (non-hydrogen) atoms. The highest BCUT2D eigenvalue weighted by molar-refractivity contribution is 8.14. The Labute approximate surface area is 121 Å². The zero-order valence-electron chi connectivity index (χ0n) is 10.8. The van der Waals surface area contributed by atoms with Gasteiger partial charge in [0.05, 0.1) is 17.2 Å². The van der Waals surface area contributed by atoms with Crippen LogP contribution in [0.4, 0.5) is 0 Å². The molecule has 0 atom stereocenters. The van der Waals surface area contributed by atoms with Crippen molar-refractivity contribution >= 4 is 33.3 Å². The van der Waals surface area contributed by atoms with Crippen molar-refractivity contribution < 1.29 is 5.11 Å². The van der Waals surface area contributed by atoms with E-state index in [9.17, 15) is 0 Å². The molecule has 3 rings (SSSR count). The quantitative estimate of drug-likeness (QED) is 0.876. The van der Waals surface area contributed by atoms with Crippen LogP contribution < -0.4 is 0 Å². The predicted molar refractivity (Wildman–Crippen MR) is 84.6 cm³/mol. The van der Waals surface area contributed by atoms with Crippen molar-refractivity contribution in [1.29, 1.82) is 0 Å². The van der Waals surface area contributed by atoms with Crippen LogP contribution in [-0.4, -0.2) is 26.6 Å². The van der Waals surface area contributed by atoms with E-state index in [2.05, 4.69) is 27.8 Å². The molecule has 0 spiro atoms. The van der Waals surface area contributed by atoms with E-state index in [1.54, 1.807) is 6.20 Å². The molecule has 0 radical (unpaired) electrons. The SMILES string of the molecule is C=C(O)CSC1=NN=C(c2cccc3cnccc23)C1. The summed E-state index contributed by atoms with van der Waals surface area (Å²) in [4.78, 5) is 4.13. The molecular weight excluding hydrogens is 270 g/mol. The van der Waals surface area contributed by atoms with E-state index in [0.29, 0.717) is 12.2 Å². The fourth-order valence-electron chi connectivity index (χ4n) is 2.10. The minimum Gasteiger partial charge on any atom is -0.512 e. The first kappa shape index (κ1) is 12.9. The van der Waals surface area contributed by atoms with Gasteiger partial charge in [0.2, 0.25) is 0 Å². The largest absolute Gasteiger partial charge is 0.512 e. The van der Waals surface area contributed by atoms with E-state index in [1.165, 1.54) is 11.8 Å². The van der Waals surface area contributed by atoms with Crippen molar-refractivity contribution in [1.82, 2.24) is 4.98 Å². The number of thioether (sulfide) groups is 1. The van der Waals surface area contributed by atoms with Gasteiger partial charge in [0.15, 0.2) is 0 Å². The number of hydrogen-bond acceptors (Lipinski definition) is 5. The number of fused-ring (bicyclic) bond motifs is 1. The first-order chi connectivity index (χ1) is 9.74. The summed E-state index contributed by atoms with van der Waals surface area (Å²) in [7, 11) is 0. The molecular formula is C15H13N3OS. The maximum Gasteiger partial charge on any atom is 0.102 e. The third kappa shape index (κ3) is 2.58. The van der Waals surface area contributed by atoms with Gasteiger partial charge in [-0.2, -0.15) is 5.10 Å². The van der Waals surface area contributed by atoms with Crippen molar-refractivity contribution in [2.45, 2.75) is 6.42 Å². The van der Waals surface area contributed by atoms with Gasteiger partial charge in [-0.1, -0.05) is 24.8 Å². The summed E-state index contributed by atoms with van der Waals surface area (Å²) in [5.74, 6) is 0.614. The first-order valence-electron chi connectivity index (χ1n) is 6.20. The number of benzene rings is 1. The van der Waals surface area contributed by atoms with Crippen LogP contribution in [-0.2, 0) is 0 Å². The number of rotatable bonds is 3. The van der Waals surface area contributed by atoms with Gasteiger partial charge in [0.25, 0.3) is 0 Å². The molecule has 2 heterocycles. The van der Waals surface area contributed by atoms with Crippen LogP contribution in [0.2, 0.25) is 0 Å². The minimum absolute atomic E-state index is 0.155. The van der Waals surface area contributed by atoms with Gasteiger partial charge in [-0.25, -0.2) is 0 Å². The van der Waals surface area contributed by atoms with Crippen LogP contribution in [0.25, 0.3) is 10.8 Å². The van der Waals surface area contributed by atoms with Gasteiger partial charge >= 0.3 is 0 Å². The summed E-state index contributed by atoms with van der Waals surface area (Å²) in [6.07, 6.45) is 4.33. The Bertz CT molecular complexity index is 731. The first-order valence-corrected chi connectivity index (χ1v) is 7.18. The maximum atomic E-state index is 9.12. The number of hydrogen-bond donors (Lipinski definition) is 1. The average molecular weight is 283 g/mol. The molecule has 0 saturated carbocycles. The third-order valence-electron chi connectivity index (χ3n) is 3.00. The van der Waals surface area contributed by atoms with Gasteiger partial charge in [-0.15, -0.1) is 16.9 Å². The highest BCUT2D eigenvalue weighted by atomic mass is 32.2. The fraction of sp³-hybridized carbons (Fsp3) is 0.133. The number of aliphatic hydroxyl groups is 1. The van der Waals surface area contributed by atoms with Crippen molar-refractivity contribution in [2.75, 3.05) is 5.75 Å². The molecule has 0 fully saturated rings. The van der Waals surface area contributed by atoms with E-state index in [4.69, 9.17) is 5.11 Å². The molecule has 2 aromatic rings. The van der Waals surface area contributed by atoms with Crippen LogP contribution in [0.5, 0.6) is 0 Å². The molecule has 0 unspecified atom stereocenters. The van der Waals surface area contributed by atoms with E-state index in [-0.39, 0.29) is 5.76 Å². The zero-order chi connectivity index (χ0) is 13.9. The highest BCUT2D eigenvalue weighted by Gasteiger charge is 2.16. The molecule has 1 aromatic heterocycles. The minimum atomic E-state index is 0.155. The second-order valence-electron chi connectivity index (χ2n) is 4.47. The lowest BCUT2D eigenvalue weighted by Crippen LogP contribution is -2.03. The van der Waals surface area contributed by atoms with E-state index < -0.39 is 0 Å².